The molecule has 0 aliphatic rings. The fourth-order valence-corrected chi connectivity index (χ4v) is 4.73. The highest BCUT2D eigenvalue weighted by Crippen LogP contribution is 2.33. The highest BCUT2D eigenvalue weighted by molar-refractivity contribution is 14.1. The van der Waals surface area contributed by atoms with Crippen LogP contribution in [-0.2, 0) is 34.7 Å². The van der Waals surface area contributed by atoms with E-state index in [1.807, 2.05) is 0 Å². The largest absolute Gasteiger partial charge is 0.573 e. The molecule has 1 atom stereocenters. The maximum Gasteiger partial charge on any atom is 0.573 e. The lowest BCUT2D eigenvalue weighted by Crippen LogP contribution is -2.23. The number of benzene rings is 1. The number of aromatic nitrogens is 6. The molecule has 0 aliphatic carbocycles. The summed E-state index contributed by atoms with van der Waals surface area (Å²) in [6.07, 6.45) is -3.78. The Morgan fingerprint density at radius 3 is 2.57 bits per heavy atom. The predicted octanol–water partition coefficient (Wildman–Crippen LogP) is 4.99. The quantitative estimate of drug-likeness (QED) is 0.111. The van der Waals surface area contributed by atoms with Crippen molar-refractivity contribution in [3.05, 3.63) is 76.3 Å². The summed E-state index contributed by atoms with van der Waals surface area (Å²) in [6.45, 7) is -0.193. The zero-order valence-corrected chi connectivity index (χ0v) is 25.2. The van der Waals surface area contributed by atoms with Crippen LogP contribution in [0.4, 0.5) is 31.5 Å². The summed E-state index contributed by atoms with van der Waals surface area (Å²) >= 11 is 1.99. The molecular formula is C25H21F6IN8O3S. The van der Waals surface area contributed by atoms with Crippen molar-refractivity contribution in [2.24, 2.45) is 0 Å². The van der Waals surface area contributed by atoms with Gasteiger partial charge in [0.1, 0.15) is 22.6 Å². The van der Waals surface area contributed by atoms with Gasteiger partial charge >= 0.3 is 10.3 Å². The number of rotatable bonds is 13. The van der Waals surface area contributed by atoms with Gasteiger partial charge in [-0.1, -0.05) is 34.7 Å². The van der Waals surface area contributed by atoms with E-state index in [1.165, 1.54) is 35.3 Å². The van der Waals surface area contributed by atoms with Gasteiger partial charge in [-0.15, -0.1) is 28.5 Å². The molecule has 234 valence electrons. The van der Waals surface area contributed by atoms with E-state index >= 15 is 0 Å². The van der Waals surface area contributed by atoms with Gasteiger partial charge in [0.2, 0.25) is 11.0 Å². The van der Waals surface area contributed by atoms with E-state index in [0.717, 1.165) is 52.1 Å². The molecule has 1 aromatic carbocycles. The summed E-state index contributed by atoms with van der Waals surface area (Å²) in [5.41, 5.74) is 0.306. The molecule has 19 heteroatoms. The Morgan fingerprint density at radius 1 is 1.07 bits per heavy atom. The molecular weight excluding hydrogens is 733 g/mol. The standard InChI is InChI=1S/C25H21F6IN8O3S/c26-16(12-40-13-18(36-39-40)22(42)34-11-15-4-6-19(33-10-15)24(27,28)32)5-7-21-37-38-23(44-21)35-20(41)9-14-2-1-3-17(8-14)43-25(29,30)31/h1-4,6,8,10,13,16H,5,7,9,11-12H2,(H,34,42)(H,35,38,41). The molecule has 0 saturated carbocycles. The van der Waals surface area contributed by atoms with E-state index in [4.69, 9.17) is 0 Å². The SMILES string of the molecule is O=C(Cc1cccc(OC(F)(F)F)c1)Nc1nnc(CCC(F)Cn2cc(C(=O)NCc3ccc(C(F)(F)I)nc3)nn2)s1. The first kappa shape index (κ1) is 33.0. The number of halogens is 7. The van der Waals surface area contributed by atoms with Crippen molar-refractivity contribution in [1.82, 2.24) is 35.5 Å². The number of carbonyl (C=O) groups is 2. The minimum Gasteiger partial charge on any atom is -0.406 e. The third kappa shape index (κ3) is 10.4. The molecule has 2 N–H and O–H groups in total. The van der Waals surface area contributed by atoms with Crippen LogP contribution in [0.1, 0.15) is 38.7 Å². The van der Waals surface area contributed by atoms with Crippen LogP contribution in [0.2, 0.25) is 0 Å². The smallest absolute Gasteiger partial charge is 0.406 e. The van der Waals surface area contributed by atoms with Crippen molar-refractivity contribution in [3.63, 3.8) is 0 Å². The Morgan fingerprint density at radius 2 is 1.86 bits per heavy atom. The van der Waals surface area contributed by atoms with E-state index in [9.17, 15) is 35.9 Å². The van der Waals surface area contributed by atoms with Crippen molar-refractivity contribution in [2.75, 3.05) is 5.32 Å². The molecule has 4 aromatic rings. The molecule has 0 bridgehead atoms. The number of hydrogen-bond donors (Lipinski definition) is 2. The Kier molecular flexibility index (Phi) is 10.7. The van der Waals surface area contributed by atoms with Crippen molar-refractivity contribution < 1.29 is 40.7 Å². The third-order valence-electron chi connectivity index (χ3n) is 5.61. The number of nitrogens with one attached hydrogen (secondary N) is 2. The van der Waals surface area contributed by atoms with Crippen LogP contribution in [0.15, 0.2) is 48.8 Å². The van der Waals surface area contributed by atoms with Crippen LogP contribution >= 0.6 is 33.9 Å². The van der Waals surface area contributed by atoms with Crippen molar-refractivity contribution in [1.29, 1.82) is 0 Å². The number of aryl methyl sites for hydroxylation is 1. The van der Waals surface area contributed by atoms with Gasteiger partial charge < -0.3 is 15.4 Å². The van der Waals surface area contributed by atoms with Crippen LogP contribution in [0.25, 0.3) is 0 Å². The van der Waals surface area contributed by atoms with E-state index in [1.54, 1.807) is 0 Å². The van der Waals surface area contributed by atoms with Crippen LogP contribution in [0, 0.1) is 0 Å². The lowest BCUT2D eigenvalue weighted by atomic mass is 10.1. The zero-order chi connectivity index (χ0) is 31.9. The fraction of sp³-hybridized carbons (Fsp3) is 0.320. The summed E-state index contributed by atoms with van der Waals surface area (Å²) in [5, 5.41) is 20.9. The van der Waals surface area contributed by atoms with Crippen LogP contribution in [-0.4, -0.2) is 54.5 Å². The number of carbonyl (C=O) groups excluding carboxylic acids is 2. The van der Waals surface area contributed by atoms with Gasteiger partial charge in [-0.2, -0.15) is 8.78 Å². The fourth-order valence-electron chi connectivity index (χ4n) is 3.64. The molecule has 11 nitrogen and oxygen atoms in total. The summed E-state index contributed by atoms with van der Waals surface area (Å²) in [6, 6.07) is 7.59. The first-order valence-electron chi connectivity index (χ1n) is 12.5. The number of anilines is 1. The van der Waals surface area contributed by atoms with Gasteiger partial charge in [0, 0.05) is 41.8 Å². The molecule has 0 fully saturated rings. The lowest BCUT2D eigenvalue weighted by Gasteiger charge is -2.09. The first-order chi connectivity index (χ1) is 20.7. The van der Waals surface area contributed by atoms with Crippen LogP contribution in [0.5, 0.6) is 5.75 Å². The maximum atomic E-state index is 14.6. The van der Waals surface area contributed by atoms with Gasteiger partial charge in [-0.3, -0.25) is 14.6 Å². The molecule has 0 aliphatic heterocycles. The molecule has 2 amide bonds. The van der Waals surface area contributed by atoms with Gasteiger partial charge in [0.25, 0.3) is 5.91 Å². The maximum absolute atomic E-state index is 14.6. The van der Waals surface area contributed by atoms with E-state index < -0.39 is 39.7 Å². The molecule has 4 rings (SSSR count). The second kappa shape index (κ2) is 14.3. The topological polar surface area (TPSA) is 137 Å². The zero-order valence-electron chi connectivity index (χ0n) is 22.2. The number of ether oxygens (including phenoxy) is 1. The van der Waals surface area contributed by atoms with Crippen molar-refractivity contribution >= 4 is 50.9 Å². The number of hydrogen-bond acceptors (Lipinski definition) is 9. The lowest BCUT2D eigenvalue weighted by molar-refractivity contribution is -0.274. The Hall–Kier alpha value is -3.88. The third-order valence-corrected chi connectivity index (χ3v) is 7.06. The molecule has 3 heterocycles. The molecule has 0 radical (unpaired) electrons. The molecule has 0 saturated heterocycles. The van der Waals surface area contributed by atoms with Gasteiger partial charge in [-0.25, -0.2) is 9.07 Å². The van der Waals surface area contributed by atoms with Crippen molar-refractivity contribution in [3.8, 4) is 5.75 Å². The van der Waals surface area contributed by atoms with Crippen LogP contribution in [0.3, 0.4) is 0 Å². The number of alkyl halides is 7. The Labute approximate surface area is 262 Å². The minimum atomic E-state index is -4.85. The first-order valence-corrected chi connectivity index (χ1v) is 14.4. The average Bonchev–Trinajstić information content (AvgIpc) is 3.59. The molecule has 44 heavy (non-hydrogen) atoms. The minimum absolute atomic E-state index is 0.00588. The Bertz CT molecular complexity index is 1580. The molecule has 0 spiro atoms. The highest BCUT2D eigenvalue weighted by Gasteiger charge is 2.31. The second-order valence-electron chi connectivity index (χ2n) is 9.12. The second-order valence-corrected chi connectivity index (χ2v) is 11.5. The van der Waals surface area contributed by atoms with E-state index in [2.05, 4.69) is 40.9 Å². The van der Waals surface area contributed by atoms with Gasteiger partial charge in [0.05, 0.1) is 19.2 Å². The highest BCUT2D eigenvalue weighted by atomic mass is 127. The summed E-state index contributed by atoms with van der Waals surface area (Å²) < 4.78 is 80.3. The average molecular weight is 754 g/mol. The summed E-state index contributed by atoms with van der Waals surface area (Å²) in [4.78, 5) is 28.3. The predicted molar refractivity (Wildman–Crippen MR) is 152 cm³/mol. The summed E-state index contributed by atoms with van der Waals surface area (Å²) in [7, 11) is 0. The summed E-state index contributed by atoms with van der Waals surface area (Å²) in [5.74, 6) is -1.58. The van der Waals surface area contributed by atoms with Crippen LogP contribution < -0.4 is 15.4 Å². The number of nitrogens with zero attached hydrogens (tertiary/aromatic N) is 6. The van der Waals surface area contributed by atoms with Gasteiger partial charge in [0.15, 0.2) is 5.69 Å². The van der Waals surface area contributed by atoms with Crippen molar-refractivity contribution in [2.45, 2.75) is 48.8 Å². The molecule has 1 unspecified atom stereocenters. The van der Waals surface area contributed by atoms with E-state index in [-0.39, 0.29) is 48.7 Å². The molecule has 3 aromatic heterocycles. The van der Waals surface area contributed by atoms with Gasteiger partial charge in [-0.05, 0) is 35.7 Å². The number of pyridine rings is 1. The monoisotopic (exact) mass is 754 g/mol. The number of amides is 2. The Balaban J connectivity index is 1.19. The normalized spacial score (nSPS) is 12.5. The van der Waals surface area contributed by atoms with E-state index in [0.29, 0.717) is 10.6 Å².